The lowest BCUT2D eigenvalue weighted by atomic mass is 9.99. The molecule has 3 aliphatic rings. The van der Waals surface area contributed by atoms with Crippen LogP contribution in [-0.2, 0) is 21.3 Å². The van der Waals surface area contributed by atoms with Crippen LogP contribution in [0.2, 0.25) is 0 Å². The van der Waals surface area contributed by atoms with Crippen LogP contribution in [0, 0.1) is 0 Å². The van der Waals surface area contributed by atoms with Gasteiger partial charge in [0.25, 0.3) is 5.91 Å². The summed E-state index contributed by atoms with van der Waals surface area (Å²) in [6.45, 7) is 1.31. The fourth-order valence-electron chi connectivity index (χ4n) is 4.70. The van der Waals surface area contributed by atoms with Crippen LogP contribution in [0.3, 0.4) is 0 Å². The molecule has 0 N–H and O–H groups in total. The predicted octanol–water partition coefficient (Wildman–Crippen LogP) is 1.28. The molecule has 8 heteroatoms. The molecule has 3 saturated heterocycles. The monoisotopic (exact) mass is 399 g/mol. The number of benzene rings is 1. The molecule has 3 aliphatic heterocycles. The maximum atomic E-state index is 13.2. The smallest absolute Gasteiger partial charge is 0.255 e. The molecule has 3 atom stereocenters. The van der Waals surface area contributed by atoms with Crippen LogP contribution in [0.4, 0.5) is 0 Å². The Labute approximate surface area is 164 Å². The van der Waals surface area contributed by atoms with Crippen molar-refractivity contribution in [2.45, 2.75) is 29.9 Å². The van der Waals surface area contributed by atoms with E-state index in [0.717, 1.165) is 5.56 Å². The summed E-state index contributed by atoms with van der Waals surface area (Å²) in [5.41, 5.74) is 0.603. The molecule has 1 aromatic heterocycles. The summed E-state index contributed by atoms with van der Waals surface area (Å²) in [6.07, 6.45) is 3.36. The number of carbonyl (C=O) groups excluding carboxylic acids is 1. The number of hydrogen-bond donors (Lipinski definition) is 0. The zero-order chi connectivity index (χ0) is 19.4. The topological polar surface area (TPSA) is 79.8 Å². The zero-order valence-corrected chi connectivity index (χ0v) is 16.1. The van der Waals surface area contributed by atoms with Crippen LogP contribution >= 0.6 is 0 Å². The van der Waals surface area contributed by atoms with Crippen molar-refractivity contribution in [1.29, 1.82) is 0 Å². The molecule has 1 aromatic carbocycles. The van der Waals surface area contributed by atoms with Crippen LogP contribution in [-0.4, -0.2) is 65.1 Å². The maximum absolute atomic E-state index is 13.2. The fraction of sp³-hybridized carbons (Fsp3) is 0.400. The highest BCUT2D eigenvalue weighted by atomic mass is 32.2. The molecule has 2 aromatic rings. The van der Waals surface area contributed by atoms with E-state index in [1.807, 2.05) is 30.3 Å². The summed E-state index contributed by atoms with van der Waals surface area (Å²) in [6, 6.07) is 13.0. The average molecular weight is 399 g/mol. The lowest BCUT2D eigenvalue weighted by Gasteiger charge is -2.39. The van der Waals surface area contributed by atoms with Crippen molar-refractivity contribution in [2.24, 2.45) is 0 Å². The first-order chi connectivity index (χ1) is 13.5. The van der Waals surface area contributed by atoms with E-state index in [-0.39, 0.29) is 25.1 Å². The third-order valence-corrected chi connectivity index (χ3v) is 8.23. The number of fused-ring (bicyclic) bond motifs is 1. The van der Waals surface area contributed by atoms with E-state index in [1.54, 1.807) is 29.4 Å². The summed E-state index contributed by atoms with van der Waals surface area (Å²) < 4.78 is 34.1. The molecule has 5 rings (SSSR count). The van der Waals surface area contributed by atoms with Gasteiger partial charge in [0.2, 0.25) is 10.0 Å². The molecule has 7 nitrogen and oxygen atoms in total. The van der Waals surface area contributed by atoms with E-state index in [4.69, 9.17) is 4.74 Å². The Kier molecular flexibility index (Phi) is 4.04. The molecular formula is C20H21N3O4S. The Morgan fingerprint density at radius 1 is 1.18 bits per heavy atom. The quantitative estimate of drug-likeness (QED) is 0.777. The highest BCUT2D eigenvalue weighted by Gasteiger charge is 2.65. The zero-order valence-electron chi connectivity index (χ0n) is 15.3. The van der Waals surface area contributed by atoms with E-state index >= 15 is 0 Å². The minimum absolute atomic E-state index is 0.125. The first-order valence-electron chi connectivity index (χ1n) is 9.38. The van der Waals surface area contributed by atoms with Crippen LogP contribution in [0.25, 0.3) is 0 Å². The number of pyridine rings is 1. The first kappa shape index (κ1) is 17.8. The SMILES string of the molecule is O=C(c1cccnc1)N1C[C@@H]2C[C@@H]3[C@@](C1)(CN(Cc1ccccc1)S3(=O)=O)O2. The van der Waals surface area contributed by atoms with Gasteiger partial charge in [-0.15, -0.1) is 0 Å². The van der Waals surface area contributed by atoms with Gasteiger partial charge in [-0.3, -0.25) is 9.78 Å². The van der Waals surface area contributed by atoms with Crippen LogP contribution in [0.5, 0.6) is 0 Å². The Hall–Kier alpha value is -2.29. The van der Waals surface area contributed by atoms with Crippen molar-refractivity contribution in [3.63, 3.8) is 0 Å². The first-order valence-corrected chi connectivity index (χ1v) is 10.9. The summed E-state index contributed by atoms with van der Waals surface area (Å²) in [5, 5.41) is -0.597. The van der Waals surface area contributed by atoms with E-state index in [0.29, 0.717) is 25.1 Å². The molecular weight excluding hydrogens is 378 g/mol. The van der Waals surface area contributed by atoms with Gasteiger partial charge in [-0.25, -0.2) is 8.42 Å². The second-order valence-corrected chi connectivity index (χ2v) is 9.87. The standard InChI is InChI=1S/C20H21N3O4S/c24-19(16-7-4-8-21-10-16)22-12-17-9-18-20(13-22,27-17)14-23(28(18,25)26)11-15-5-2-1-3-6-15/h1-8,10,17-18H,9,11-14H2/t17-,18+,20+/m0/s1. The number of aromatic nitrogens is 1. The average Bonchev–Trinajstić information content (AvgIpc) is 3.08. The van der Waals surface area contributed by atoms with Gasteiger partial charge in [0.1, 0.15) is 10.9 Å². The molecule has 0 radical (unpaired) electrons. The highest BCUT2D eigenvalue weighted by Crippen LogP contribution is 2.47. The van der Waals surface area contributed by atoms with Crippen molar-refractivity contribution in [3.8, 4) is 0 Å². The minimum Gasteiger partial charge on any atom is -0.365 e. The third kappa shape index (κ3) is 2.75. The summed E-state index contributed by atoms with van der Waals surface area (Å²) in [7, 11) is -3.48. The lowest BCUT2D eigenvalue weighted by molar-refractivity contribution is -0.0980. The van der Waals surface area contributed by atoms with Crippen LogP contribution in [0.1, 0.15) is 22.3 Å². The minimum atomic E-state index is -3.48. The number of likely N-dealkylation sites (tertiary alicyclic amines) is 1. The molecule has 146 valence electrons. The third-order valence-electron chi connectivity index (χ3n) is 5.91. The number of rotatable bonds is 3. The molecule has 1 amide bonds. The molecule has 2 bridgehead atoms. The van der Waals surface area contributed by atoms with Gasteiger partial charge in [0, 0.05) is 32.0 Å². The van der Waals surface area contributed by atoms with Crippen molar-refractivity contribution in [1.82, 2.24) is 14.2 Å². The van der Waals surface area contributed by atoms with Crippen molar-refractivity contribution >= 4 is 15.9 Å². The Morgan fingerprint density at radius 3 is 2.75 bits per heavy atom. The summed E-state index contributed by atoms with van der Waals surface area (Å²) >= 11 is 0. The molecule has 4 heterocycles. The van der Waals surface area contributed by atoms with Crippen LogP contribution < -0.4 is 0 Å². The number of morpholine rings is 1. The van der Waals surface area contributed by atoms with Gasteiger partial charge in [-0.05, 0) is 24.1 Å². The van der Waals surface area contributed by atoms with Gasteiger partial charge in [0.05, 0.1) is 18.2 Å². The lowest BCUT2D eigenvalue weighted by Crippen LogP contribution is -2.56. The van der Waals surface area contributed by atoms with E-state index in [2.05, 4.69) is 4.98 Å². The fourth-order valence-corrected chi connectivity index (χ4v) is 7.00. The second-order valence-electron chi connectivity index (χ2n) is 7.75. The Morgan fingerprint density at radius 2 is 2.00 bits per heavy atom. The maximum Gasteiger partial charge on any atom is 0.255 e. The number of carbonyl (C=O) groups is 1. The normalized spacial score (nSPS) is 30.9. The number of nitrogens with zero attached hydrogens (tertiary/aromatic N) is 3. The van der Waals surface area contributed by atoms with Gasteiger partial charge in [-0.1, -0.05) is 30.3 Å². The van der Waals surface area contributed by atoms with Crippen LogP contribution in [0.15, 0.2) is 54.9 Å². The molecule has 0 saturated carbocycles. The number of sulfonamides is 1. The van der Waals surface area contributed by atoms with Crippen molar-refractivity contribution < 1.29 is 17.9 Å². The van der Waals surface area contributed by atoms with E-state index < -0.39 is 20.9 Å². The molecule has 0 unspecified atom stereocenters. The highest BCUT2D eigenvalue weighted by molar-refractivity contribution is 7.90. The summed E-state index contributed by atoms with van der Waals surface area (Å²) in [4.78, 5) is 18.7. The van der Waals surface area contributed by atoms with Gasteiger partial charge >= 0.3 is 0 Å². The largest absolute Gasteiger partial charge is 0.365 e. The van der Waals surface area contributed by atoms with Crippen molar-refractivity contribution in [3.05, 3.63) is 66.0 Å². The van der Waals surface area contributed by atoms with E-state index in [9.17, 15) is 13.2 Å². The number of hydrogen-bond acceptors (Lipinski definition) is 5. The Bertz CT molecular complexity index is 999. The predicted molar refractivity (Wildman–Crippen MR) is 102 cm³/mol. The summed E-state index contributed by atoms with van der Waals surface area (Å²) in [5.74, 6) is -0.125. The molecule has 3 fully saturated rings. The molecule has 0 aliphatic carbocycles. The number of amides is 1. The van der Waals surface area contributed by atoms with Crippen molar-refractivity contribution in [2.75, 3.05) is 19.6 Å². The van der Waals surface area contributed by atoms with Gasteiger partial charge in [0.15, 0.2) is 0 Å². The Balaban J connectivity index is 1.42. The second kappa shape index (κ2) is 6.37. The number of ether oxygens (including phenoxy) is 1. The van der Waals surface area contributed by atoms with Gasteiger partial charge in [-0.2, -0.15) is 4.31 Å². The van der Waals surface area contributed by atoms with Gasteiger partial charge < -0.3 is 9.64 Å². The molecule has 28 heavy (non-hydrogen) atoms. The van der Waals surface area contributed by atoms with E-state index in [1.165, 1.54) is 4.31 Å². The molecule has 1 spiro atoms.